The van der Waals surface area contributed by atoms with Crippen molar-refractivity contribution in [2.75, 3.05) is 31.1 Å². The minimum absolute atomic E-state index is 0.0616. The number of ether oxygens (including phenoxy) is 1. The van der Waals surface area contributed by atoms with Crippen molar-refractivity contribution in [2.24, 2.45) is 0 Å². The number of nitrogens with zero attached hydrogens (tertiary/aromatic N) is 2. The number of rotatable bonds is 2. The Morgan fingerprint density at radius 1 is 1.50 bits per heavy atom. The first-order chi connectivity index (χ1) is 10.4. The Morgan fingerprint density at radius 2 is 2.32 bits per heavy atom. The summed E-state index contributed by atoms with van der Waals surface area (Å²) in [6.45, 7) is 2.09. The second-order valence-electron chi connectivity index (χ2n) is 5.94. The summed E-state index contributed by atoms with van der Waals surface area (Å²) in [7, 11) is -4.27. The molecule has 124 valence electrons. The fraction of sp³-hybridized carbons (Fsp3) is 0.909. The van der Waals surface area contributed by atoms with Gasteiger partial charge in [0.15, 0.2) is 12.0 Å². The average molecular weight is 350 g/mol. The highest BCUT2D eigenvalue weighted by Gasteiger charge is 2.82. The van der Waals surface area contributed by atoms with Gasteiger partial charge in [0.05, 0.1) is 6.04 Å². The van der Waals surface area contributed by atoms with Gasteiger partial charge in [-0.1, -0.05) is 0 Å². The molecule has 4 atom stereocenters. The minimum Gasteiger partial charge on any atom is -0.335 e. The van der Waals surface area contributed by atoms with Gasteiger partial charge >= 0.3 is 16.3 Å². The zero-order valence-electron chi connectivity index (χ0n) is 11.8. The van der Waals surface area contributed by atoms with Crippen molar-refractivity contribution in [2.45, 2.75) is 30.5 Å². The quantitative estimate of drug-likeness (QED) is 0.528. The molecule has 5 aliphatic rings. The van der Waals surface area contributed by atoms with Gasteiger partial charge in [0.25, 0.3) is 0 Å². The maximum absolute atomic E-state index is 12.4. The molecule has 1 unspecified atom stereocenters. The fourth-order valence-corrected chi connectivity index (χ4v) is 5.68. The molecule has 11 heteroatoms. The number of thioether (sulfide) groups is 1. The summed E-state index contributed by atoms with van der Waals surface area (Å²) in [5, 5.41) is 6.27. The SMILES string of the molecule is O=C(N[C@@H]1CNCCSC1)N1CC[C@@]23OC([C@H]12)N3S(=O)(=O)O. The Kier molecular flexibility index (Phi) is 3.37. The summed E-state index contributed by atoms with van der Waals surface area (Å²) in [5.41, 5.74) is -1.04. The van der Waals surface area contributed by atoms with E-state index in [0.717, 1.165) is 28.9 Å². The number of nitrogens with one attached hydrogen (secondary N) is 2. The van der Waals surface area contributed by atoms with E-state index in [4.69, 9.17) is 4.74 Å². The van der Waals surface area contributed by atoms with Crippen LogP contribution < -0.4 is 10.6 Å². The van der Waals surface area contributed by atoms with Gasteiger partial charge in [0, 0.05) is 37.6 Å². The van der Waals surface area contributed by atoms with Gasteiger partial charge in [0.1, 0.15) is 6.04 Å². The van der Waals surface area contributed by atoms with Gasteiger partial charge in [-0.25, -0.2) is 4.79 Å². The zero-order chi connectivity index (χ0) is 15.5. The van der Waals surface area contributed by atoms with Gasteiger partial charge < -0.3 is 20.3 Å². The fourth-order valence-electron chi connectivity index (χ4n) is 3.68. The van der Waals surface area contributed by atoms with Crippen LogP contribution >= 0.6 is 11.8 Å². The highest BCUT2D eigenvalue weighted by Crippen LogP contribution is 2.60. The molecule has 2 amide bonds. The van der Waals surface area contributed by atoms with Crippen LogP contribution in [0.25, 0.3) is 0 Å². The highest BCUT2D eigenvalue weighted by molar-refractivity contribution is 7.99. The van der Waals surface area contributed by atoms with E-state index < -0.39 is 22.3 Å². The molecule has 22 heavy (non-hydrogen) atoms. The summed E-state index contributed by atoms with van der Waals surface area (Å²) in [5.74, 6) is 1.89. The van der Waals surface area contributed by atoms with Crippen LogP contribution in [0.4, 0.5) is 4.79 Å². The van der Waals surface area contributed by atoms with E-state index in [1.54, 1.807) is 16.7 Å². The number of hydrogen-bond donors (Lipinski definition) is 3. The van der Waals surface area contributed by atoms with Crippen molar-refractivity contribution in [1.82, 2.24) is 19.8 Å². The molecule has 0 aliphatic carbocycles. The molecule has 5 heterocycles. The van der Waals surface area contributed by atoms with E-state index in [1.165, 1.54) is 0 Å². The van der Waals surface area contributed by atoms with Crippen molar-refractivity contribution >= 4 is 28.1 Å². The second-order valence-corrected chi connectivity index (χ2v) is 8.38. The number of amides is 2. The number of urea groups is 1. The van der Waals surface area contributed by atoms with Crippen molar-refractivity contribution in [1.29, 1.82) is 0 Å². The monoisotopic (exact) mass is 350 g/mol. The number of carbonyl (C=O) groups excluding carboxylic acids is 1. The van der Waals surface area contributed by atoms with Gasteiger partial charge in [0.2, 0.25) is 0 Å². The largest absolute Gasteiger partial charge is 0.340 e. The van der Waals surface area contributed by atoms with Crippen LogP contribution in [-0.2, 0) is 15.0 Å². The Hall–Kier alpha value is -0.590. The van der Waals surface area contributed by atoms with Gasteiger partial charge in [-0.05, 0) is 0 Å². The standard InChI is InChI=1S/C11H18N4O5S2/c16-10(13-7-5-12-2-4-21-6-7)14-3-1-11-8(14)9(20-11)15(11)22(17,18)19/h7-9,12H,1-6H2,(H,13,16)(H,17,18,19)/t7-,8+,9?,11-/m1/s1. The first-order valence-corrected chi connectivity index (χ1v) is 9.79. The molecule has 0 saturated carbocycles. The molecule has 5 fully saturated rings. The maximum atomic E-state index is 12.4. The highest BCUT2D eigenvalue weighted by atomic mass is 32.2. The predicted molar refractivity (Wildman–Crippen MR) is 78.6 cm³/mol. The first kappa shape index (κ1) is 15.0. The molecule has 5 saturated heterocycles. The van der Waals surface area contributed by atoms with Crippen molar-refractivity contribution in [3.05, 3.63) is 0 Å². The Labute approximate surface area is 132 Å². The van der Waals surface area contributed by atoms with E-state index in [1.807, 2.05) is 0 Å². The van der Waals surface area contributed by atoms with E-state index in [0.29, 0.717) is 13.0 Å². The number of carbonyl (C=O) groups is 1. The van der Waals surface area contributed by atoms with Crippen LogP contribution in [0.5, 0.6) is 0 Å². The molecule has 1 spiro atoms. The summed E-state index contributed by atoms with van der Waals surface area (Å²) < 4.78 is 38.2. The number of hydrogen-bond acceptors (Lipinski definition) is 6. The second kappa shape index (κ2) is 4.95. The topological polar surface area (TPSA) is 111 Å². The lowest BCUT2D eigenvalue weighted by Gasteiger charge is -2.69. The summed E-state index contributed by atoms with van der Waals surface area (Å²) in [4.78, 5) is 14.1. The van der Waals surface area contributed by atoms with E-state index >= 15 is 0 Å². The minimum atomic E-state index is -4.27. The van der Waals surface area contributed by atoms with Gasteiger partial charge in [-0.2, -0.15) is 20.2 Å². The maximum Gasteiger partial charge on any atom is 0.340 e. The van der Waals surface area contributed by atoms with Crippen LogP contribution in [0.3, 0.4) is 0 Å². The van der Waals surface area contributed by atoms with Crippen molar-refractivity contribution in [3.63, 3.8) is 0 Å². The summed E-state index contributed by atoms with van der Waals surface area (Å²) in [6.07, 6.45) is -0.358. The molecule has 5 rings (SSSR count). The van der Waals surface area contributed by atoms with Crippen LogP contribution in [0.2, 0.25) is 0 Å². The molecular formula is C11H18N4O5S2. The molecule has 3 N–H and O–H groups in total. The number of likely N-dealkylation sites (tertiary alicyclic amines) is 1. The van der Waals surface area contributed by atoms with Gasteiger partial charge in [-0.3, -0.25) is 4.55 Å². The molecular weight excluding hydrogens is 332 g/mol. The van der Waals surface area contributed by atoms with E-state index in [2.05, 4.69) is 10.6 Å². The zero-order valence-corrected chi connectivity index (χ0v) is 13.4. The lowest BCUT2D eigenvalue weighted by Crippen LogP contribution is -2.92. The Morgan fingerprint density at radius 3 is 3.05 bits per heavy atom. The molecule has 0 aromatic heterocycles. The van der Waals surface area contributed by atoms with Crippen LogP contribution in [0.15, 0.2) is 0 Å². The van der Waals surface area contributed by atoms with Crippen LogP contribution in [0.1, 0.15) is 6.42 Å². The van der Waals surface area contributed by atoms with Gasteiger partial charge in [-0.15, -0.1) is 4.31 Å². The third kappa shape index (κ3) is 2.00. The normalized spacial score (nSPS) is 41.1. The molecule has 9 nitrogen and oxygen atoms in total. The van der Waals surface area contributed by atoms with E-state index in [9.17, 15) is 17.8 Å². The molecule has 5 aliphatic heterocycles. The molecule has 2 bridgehead atoms. The lowest BCUT2D eigenvalue weighted by molar-refractivity contribution is -0.442. The third-order valence-corrected chi connectivity index (χ3v) is 6.82. The smallest absolute Gasteiger partial charge is 0.335 e. The summed E-state index contributed by atoms with van der Waals surface area (Å²) in [6, 6.07) is -0.420. The lowest BCUT2D eigenvalue weighted by atomic mass is 9.86. The predicted octanol–water partition coefficient (Wildman–Crippen LogP) is -1.35. The molecule has 0 aromatic rings. The summed E-state index contributed by atoms with van der Waals surface area (Å²) >= 11 is 1.79. The van der Waals surface area contributed by atoms with Crippen LogP contribution in [-0.4, -0.2) is 83.4 Å². The average Bonchev–Trinajstić information content (AvgIpc) is 2.55. The molecule has 0 aromatic carbocycles. The van der Waals surface area contributed by atoms with Crippen molar-refractivity contribution < 1.29 is 22.5 Å². The Bertz CT molecular complexity index is 593. The Balaban J connectivity index is 1.40. The van der Waals surface area contributed by atoms with E-state index in [-0.39, 0.29) is 18.1 Å². The van der Waals surface area contributed by atoms with Crippen LogP contribution in [0, 0.1) is 0 Å². The molecule has 0 radical (unpaired) electrons. The first-order valence-electron chi connectivity index (χ1n) is 7.24. The third-order valence-electron chi connectivity index (χ3n) is 4.68. The van der Waals surface area contributed by atoms with Crippen molar-refractivity contribution in [3.8, 4) is 0 Å².